The number of halogens is 3. The summed E-state index contributed by atoms with van der Waals surface area (Å²) in [6, 6.07) is 12.9. The van der Waals surface area contributed by atoms with Crippen LogP contribution in [0.3, 0.4) is 0 Å². The van der Waals surface area contributed by atoms with E-state index in [-0.39, 0.29) is 6.16 Å². The number of carbonyl (C=O) groups is 1. The molecule has 32 heavy (non-hydrogen) atoms. The van der Waals surface area contributed by atoms with Crippen molar-refractivity contribution in [3.05, 3.63) is 65.7 Å². The van der Waals surface area contributed by atoms with E-state index in [1.54, 1.807) is 30.3 Å². The number of benzene rings is 2. The van der Waals surface area contributed by atoms with Crippen LogP contribution in [0, 0.1) is 0 Å². The molecule has 2 aromatic rings. The second-order valence-corrected chi connectivity index (χ2v) is 11.2. The SMILES string of the molecule is CCCCCCCCCCCCP(=O)(C(=O)c1ccccc1C(F)(F)F)c1ccccc1. The second-order valence-electron chi connectivity index (χ2n) is 8.33. The highest BCUT2D eigenvalue weighted by Gasteiger charge is 2.40. The predicted octanol–water partition coefficient (Wildman–Crippen LogP) is 8.46. The van der Waals surface area contributed by atoms with Gasteiger partial charge in [-0.1, -0.05) is 113 Å². The van der Waals surface area contributed by atoms with Gasteiger partial charge in [0.05, 0.1) is 5.56 Å². The van der Waals surface area contributed by atoms with Gasteiger partial charge in [0, 0.05) is 17.0 Å². The third-order valence-electron chi connectivity index (χ3n) is 5.79. The molecular weight excluding hydrogens is 432 g/mol. The molecule has 2 rings (SSSR count). The van der Waals surface area contributed by atoms with Crippen LogP contribution in [0.15, 0.2) is 54.6 Å². The van der Waals surface area contributed by atoms with E-state index < -0.39 is 30.0 Å². The zero-order chi connectivity index (χ0) is 23.5. The number of rotatable bonds is 14. The predicted molar refractivity (Wildman–Crippen MR) is 126 cm³/mol. The number of alkyl halides is 3. The largest absolute Gasteiger partial charge is 0.417 e. The van der Waals surface area contributed by atoms with Crippen molar-refractivity contribution in [3.63, 3.8) is 0 Å². The fourth-order valence-electron chi connectivity index (χ4n) is 3.95. The number of unbranched alkanes of at least 4 members (excludes halogenated alkanes) is 9. The fraction of sp³-hybridized carbons (Fsp3) is 0.500. The maximum atomic E-state index is 13.9. The standard InChI is InChI=1S/C26H34F3O2P/c1-2-3-4-5-6-7-8-9-10-16-21-32(31,22-17-12-11-13-18-22)25(30)23-19-14-15-20-24(23)26(27,28)29/h11-15,17-20H,2-10,16,21H2,1H3. The van der Waals surface area contributed by atoms with E-state index in [1.165, 1.54) is 44.2 Å². The van der Waals surface area contributed by atoms with E-state index in [1.807, 2.05) is 0 Å². The Morgan fingerprint density at radius 2 is 1.25 bits per heavy atom. The van der Waals surface area contributed by atoms with Crippen molar-refractivity contribution in [3.8, 4) is 0 Å². The lowest BCUT2D eigenvalue weighted by atomic mass is 10.1. The summed E-state index contributed by atoms with van der Waals surface area (Å²) >= 11 is 0. The van der Waals surface area contributed by atoms with Gasteiger partial charge in [0.15, 0.2) is 7.14 Å². The Labute approximate surface area is 190 Å². The quantitative estimate of drug-likeness (QED) is 0.207. The van der Waals surface area contributed by atoms with Crippen LogP contribution in [0.2, 0.25) is 0 Å². The molecule has 0 aliphatic rings. The van der Waals surface area contributed by atoms with Crippen LogP contribution in [0.4, 0.5) is 13.2 Å². The Balaban J connectivity index is 2.06. The lowest BCUT2D eigenvalue weighted by Gasteiger charge is -2.20. The molecule has 0 N–H and O–H groups in total. The zero-order valence-corrected chi connectivity index (χ0v) is 19.8. The topological polar surface area (TPSA) is 34.1 Å². The number of hydrogen-bond acceptors (Lipinski definition) is 2. The van der Waals surface area contributed by atoms with Gasteiger partial charge in [-0.25, -0.2) is 0 Å². The monoisotopic (exact) mass is 466 g/mol. The van der Waals surface area contributed by atoms with Gasteiger partial charge in [-0.2, -0.15) is 13.2 Å². The van der Waals surface area contributed by atoms with Crippen molar-refractivity contribution in [2.45, 2.75) is 77.3 Å². The normalized spacial score (nSPS) is 13.6. The average molecular weight is 467 g/mol. The molecule has 0 aliphatic heterocycles. The first-order chi connectivity index (χ1) is 15.3. The van der Waals surface area contributed by atoms with E-state index in [9.17, 15) is 22.5 Å². The summed E-state index contributed by atoms with van der Waals surface area (Å²) in [7, 11) is -3.69. The Hall–Kier alpha value is -1.87. The minimum absolute atomic E-state index is 0.0958. The average Bonchev–Trinajstić information content (AvgIpc) is 2.79. The van der Waals surface area contributed by atoms with E-state index in [0.29, 0.717) is 11.7 Å². The molecule has 0 heterocycles. The molecule has 2 aromatic carbocycles. The van der Waals surface area contributed by atoms with Gasteiger partial charge in [-0.3, -0.25) is 4.79 Å². The van der Waals surface area contributed by atoms with Gasteiger partial charge < -0.3 is 4.57 Å². The third-order valence-corrected chi connectivity index (χ3v) is 8.77. The minimum Gasteiger partial charge on any atom is -0.310 e. The van der Waals surface area contributed by atoms with Crippen LogP contribution < -0.4 is 5.30 Å². The zero-order valence-electron chi connectivity index (χ0n) is 18.9. The summed E-state index contributed by atoms with van der Waals surface area (Å²) < 4.78 is 54.4. The van der Waals surface area contributed by atoms with E-state index >= 15 is 0 Å². The smallest absolute Gasteiger partial charge is 0.310 e. The molecule has 0 spiro atoms. The fourth-order valence-corrected chi connectivity index (χ4v) is 6.55. The lowest BCUT2D eigenvalue weighted by Crippen LogP contribution is -2.19. The van der Waals surface area contributed by atoms with Gasteiger partial charge in [0.1, 0.15) is 0 Å². The molecule has 0 saturated heterocycles. The first-order valence-corrected chi connectivity index (χ1v) is 13.6. The Bertz CT molecular complexity index is 878. The highest BCUT2D eigenvalue weighted by molar-refractivity contribution is 7.87. The maximum absolute atomic E-state index is 13.9. The molecule has 1 unspecified atom stereocenters. The van der Waals surface area contributed by atoms with E-state index in [0.717, 1.165) is 37.8 Å². The van der Waals surface area contributed by atoms with Gasteiger partial charge in [-0.15, -0.1) is 0 Å². The molecule has 6 heteroatoms. The van der Waals surface area contributed by atoms with Crippen molar-refractivity contribution in [1.82, 2.24) is 0 Å². The van der Waals surface area contributed by atoms with Crippen LogP contribution in [0.25, 0.3) is 0 Å². The van der Waals surface area contributed by atoms with Crippen molar-refractivity contribution >= 4 is 18.0 Å². The summed E-state index contributed by atoms with van der Waals surface area (Å²) in [5.74, 6) is 0. The van der Waals surface area contributed by atoms with Crippen LogP contribution in [-0.2, 0) is 10.7 Å². The molecular formula is C26H34F3O2P. The first kappa shape index (κ1) is 26.4. The van der Waals surface area contributed by atoms with Crippen molar-refractivity contribution in [2.24, 2.45) is 0 Å². The Kier molecular flexibility index (Phi) is 10.7. The van der Waals surface area contributed by atoms with Gasteiger partial charge in [-0.05, 0) is 12.5 Å². The van der Waals surface area contributed by atoms with E-state index in [4.69, 9.17) is 0 Å². The van der Waals surface area contributed by atoms with Crippen molar-refractivity contribution in [2.75, 3.05) is 6.16 Å². The molecule has 0 saturated carbocycles. The summed E-state index contributed by atoms with van der Waals surface area (Å²) in [5, 5.41) is 0.331. The molecule has 0 fully saturated rings. The van der Waals surface area contributed by atoms with Gasteiger partial charge >= 0.3 is 6.18 Å². The van der Waals surface area contributed by atoms with Crippen LogP contribution in [0.5, 0.6) is 0 Å². The minimum atomic E-state index is -4.68. The summed E-state index contributed by atoms with van der Waals surface area (Å²) in [4.78, 5) is 13.3. The van der Waals surface area contributed by atoms with Crippen LogP contribution in [-0.4, -0.2) is 11.7 Å². The van der Waals surface area contributed by atoms with Crippen molar-refractivity contribution < 1.29 is 22.5 Å². The maximum Gasteiger partial charge on any atom is 0.417 e. The molecule has 1 atom stereocenters. The molecule has 0 bridgehead atoms. The molecule has 0 amide bonds. The highest BCUT2D eigenvalue weighted by atomic mass is 31.2. The van der Waals surface area contributed by atoms with Crippen LogP contribution in [0.1, 0.15) is 87.1 Å². The second kappa shape index (κ2) is 13.0. The molecule has 176 valence electrons. The summed E-state index contributed by atoms with van der Waals surface area (Å²) in [5.41, 5.74) is -2.42. The van der Waals surface area contributed by atoms with Gasteiger partial charge in [0.25, 0.3) is 0 Å². The number of carbonyl (C=O) groups excluding carboxylic acids is 1. The Morgan fingerprint density at radius 3 is 1.81 bits per heavy atom. The van der Waals surface area contributed by atoms with Crippen molar-refractivity contribution in [1.29, 1.82) is 0 Å². The third kappa shape index (κ3) is 7.62. The van der Waals surface area contributed by atoms with Crippen LogP contribution >= 0.6 is 7.14 Å². The lowest BCUT2D eigenvalue weighted by molar-refractivity contribution is -0.137. The summed E-state index contributed by atoms with van der Waals surface area (Å²) in [6.07, 6.45) is 6.29. The first-order valence-electron chi connectivity index (χ1n) is 11.7. The highest BCUT2D eigenvalue weighted by Crippen LogP contribution is 2.50. The molecule has 0 radical (unpaired) electrons. The van der Waals surface area contributed by atoms with E-state index in [2.05, 4.69) is 6.92 Å². The Morgan fingerprint density at radius 1 is 0.750 bits per heavy atom. The molecule has 2 nitrogen and oxygen atoms in total. The van der Waals surface area contributed by atoms with Gasteiger partial charge in [0.2, 0.25) is 5.52 Å². The molecule has 0 aliphatic carbocycles. The summed E-state index contributed by atoms with van der Waals surface area (Å²) in [6.45, 7) is 2.20. The molecule has 0 aromatic heterocycles. The number of hydrogen-bond donors (Lipinski definition) is 0.